The summed E-state index contributed by atoms with van der Waals surface area (Å²) in [6.45, 7) is 10.9. The number of nitrogens with one attached hydrogen (secondary N) is 1. The van der Waals surface area contributed by atoms with Gasteiger partial charge in [0.2, 0.25) is 0 Å². The first kappa shape index (κ1) is 34.6. The highest BCUT2D eigenvalue weighted by molar-refractivity contribution is 5.82. The maximum absolute atomic E-state index is 13.4. The van der Waals surface area contributed by atoms with E-state index in [1.807, 2.05) is 61.5 Å². The molecule has 0 fully saturated rings. The summed E-state index contributed by atoms with van der Waals surface area (Å²) >= 11 is 0. The molecule has 0 aliphatic carbocycles. The van der Waals surface area contributed by atoms with Gasteiger partial charge in [-0.1, -0.05) is 128 Å². The highest BCUT2D eigenvalue weighted by atomic mass is 19.4. The number of aromatic nitrogens is 1. The van der Waals surface area contributed by atoms with E-state index in [2.05, 4.69) is 59.9 Å². The summed E-state index contributed by atoms with van der Waals surface area (Å²) in [5.74, 6) is -0.299. The van der Waals surface area contributed by atoms with Gasteiger partial charge in [0, 0.05) is 11.8 Å². The Bertz CT molecular complexity index is 1720. The number of carbonyl (C=O) groups is 1. The number of hydrogen-bond acceptors (Lipinski definition) is 4. The van der Waals surface area contributed by atoms with Crippen LogP contribution in [0.2, 0.25) is 0 Å². The van der Waals surface area contributed by atoms with E-state index >= 15 is 0 Å². The smallest absolute Gasteiger partial charge is 0.418 e. The lowest BCUT2D eigenvalue weighted by Gasteiger charge is -2.36. The molecule has 47 heavy (non-hydrogen) atoms. The van der Waals surface area contributed by atoms with Crippen molar-refractivity contribution >= 4 is 18.1 Å². The number of pyridine rings is 1. The van der Waals surface area contributed by atoms with Crippen molar-refractivity contribution in [3.05, 3.63) is 173 Å². The van der Waals surface area contributed by atoms with Crippen LogP contribution in [0.4, 0.5) is 13.2 Å². The van der Waals surface area contributed by atoms with Crippen LogP contribution in [-0.2, 0) is 21.2 Å². The number of ether oxygens (including phenoxy) is 1. The minimum atomic E-state index is -4.47. The number of nitrogens with zero attached hydrogens (tertiary/aromatic N) is 1. The van der Waals surface area contributed by atoms with E-state index in [0.29, 0.717) is 11.1 Å². The number of alkyl halides is 3. The SMILES string of the molecule is C=Cc1c(C)ccc(-c2nccc(C)c2C(F)(F)F)c1C=C.COC(=O)CNC(c1ccccc1)(c1ccccc1)c1ccccc1. The number of aryl methyl sites for hydroxylation is 2. The van der Waals surface area contributed by atoms with Crippen molar-refractivity contribution in [3.63, 3.8) is 0 Å². The topological polar surface area (TPSA) is 51.2 Å². The largest absolute Gasteiger partial charge is 0.468 e. The number of rotatable bonds is 9. The van der Waals surface area contributed by atoms with E-state index < -0.39 is 17.3 Å². The first-order valence-electron chi connectivity index (χ1n) is 15.0. The van der Waals surface area contributed by atoms with Gasteiger partial charge >= 0.3 is 12.1 Å². The molecule has 0 bridgehead atoms. The van der Waals surface area contributed by atoms with Gasteiger partial charge < -0.3 is 4.74 Å². The summed E-state index contributed by atoms with van der Waals surface area (Å²) in [5.41, 5.74) is 4.63. The minimum absolute atomic E-state index is 0.0782. The minimum Gasteiger partial charge on any atom is -0.468 e. The van der Waals surface area contributed by atoms with Crippen molar-refractivity contribution in [1.29, 1.82) is 0 Å². The predicted molar refractivity (Wildman–Crippen MR) is 184 cm³/mol. The first-order chi connectivity index (χ1) is 22.6. The van der Waals surface area contributed by atoms with Crippen molar-refractivity contribution in [2.75, 3.05) is 13.7 Å². The molecule has 0 amide bonds. The van der Waals surface area contributed by atoms with Crippen LogP contribution in [0, 0.1) is 13.8 Å². The van der Waals surface area contributed by atoms with Crippen LogP contribution < -0.4 is 5.32 Å². The second-order valence-electron chi connectivity index (χ2n) is 10.8. The molecule has 0 saturated carbocycles. The lowest BCUT2D eigenvalue weighted by molar-refractivity contribution is -0.140. The zero-order valence-electron chi connectivity index (χ0n) is 26.6. The van der Waals surface area contributed by atoms with Gasteiger partial charge in [0.25, 0.3) is 0 Å². The Kier molecular flexibility index (Phi) is 11.3. The molecule has 240 valence electrons. The third-order valence-corrected chi connectivity index (χ3v) is 7.96. The lowest BCUT2D eigenvalue weighted by Crippen LogP contribution is -2.47. The Balaban J connectivity index is 0.000000215. The maximum atomic E-state index is 13.4. The molecule has 0 radical (unpaired) electrons. The molecule has 4 aromatic carbocycles. The van der Waals surface area contributed by atoms with Gasteiger partial charge in [-0.25, -0.2) is 0 Å². The van der Waals surface area contributed by atoms with Crippen LogP contribution in [-0.4, -0.2) is 24.6 Å². The van der Waals surface area contributed by atoms with Crippen LogP contribution in [0.1, 0.15) is 44.5 Å². The Hall–Kier alpha value is -5.27. The second kappa shape index (κ2) is 15.3. The second-order valence-corrected chi connectivity index (χ2v) is 10.8. The number of halogens is 3. The van der Waals surface area contributed by atoms with Crippen molar-refractivity contribution in [1.82, 2.24) is 10.3 Å². The van der Waals surface area contributed by atoms with Gasteiger partial charge in [-0.2, -0.15) is 13.2 Å². The van der Waals surface area contributed by atoms with Gasteiger partial charge in [0.1, 0.15) is 0 Å². The molecule has 0 spiro atoms. The Labute approximate surface area is 274 Å². The van der Waals surface area contributed by atoms with Crippen LogP contribution in [0.25, 0.3) is 23.4 Å². The van der Waals surface area contributed by atoms with Gasteiger partial charge in [0.05, 0.1) is 30.5 Å². The zero-order chi connectivity index (χ0) is 34.0. The fourth-order valence-electron chi connectivity index (χ4n) is 5.71. The van der Waals surface area contributed by atoms with Gasteiger partial charge in [-0.3, -0.25) is 15.1 Å². The summed E-state index contributed by atoms with van der Waals surface area (Å²) < 4.78 is 45.1. The first-order valence-corrected chi connectivity index (χ1v) is 15.0. The Morgan fingerprint density at radius 1 is 0.745 bits per heavy atom. The fraction of sp³-hybridized carbons (Fsp3) is 0.150. The van der Waals surface area contributed by atoms with Gasteiger partial charge in [-0.15, -0.1) is 0 Å². The monoisotopic (exact) mass is 634 g/mol. The molecule has 1 N–H and O–H groups in total. The van der Waals surface area contributed by atoms with Crippen molar-refractivity contribution < 1.29 is 22.7 Å². The Morgan fingerprint density at radius 3 is 1.66 bits per heavy atom. The van der Waals surface area contributed by atoms with E-state index in [1.165, 1.54) is 26.3 Å². The normalized spacial score (nSPS) is 11.2. The molecule has 0 aliphatic rings. The summed E-state index contributed by atoms with van der Waals surface area (Å²) in [6, 6.07) is 35.3. The predicted octanol–water partition coefficient (Wildman–Crippen LogP) is 9.41. The molecule has 0 aliphatic heterocycles. The number of carbonyl (C=O) groups excluding carboxylic acids is 1. The molecular formula is C40H37F3N2O2. The number of hydrogen-bond donors (Lipinski definition) is 1. The Morgan fingerprint density at radius 2 is 1.23 bits per heavy atom. The quantitative estimate of drug-likeness (QED) is 0.130. The van der Waals surface area contributed by atoms with Crippen LogP contribution in [0.15, 0.2) is 129 Å². The van der Waals surface area contributed by atoms with Crippen LogP contribution >= 0.6 is 0 Å². The standard InChI is InChI=1S/C22H21NO2.C18H16F3N/c1-25-21(24)17-23-22(18-11-5-2-6-12-18,19-13-7-3-8-14-19)20-15-9-4-10-16-20;1-5-13-11(3)7-8-15(14(13)6-2)17-16(18(19,20)21)12(4)9-10-22-17/h2-16,23H,17H2,1H3;5-10H,1-2H2,3-4H3. The molecular weight excluding hydrogens is 597 g/mol. The van der Waals surface area contributed by atoms with E-state index in [1.54, 1.807) is 24.3 Å². The third-order valence-electron chi connectivity index (χ3n) is 7.96. The third kappa shape index (κ3) is 7.59. The molecule has 1 heterocycles. The molecule has 0 saturated heterocycles. The fourth-order valence-corrected chi connectivity index (χ4v) is 5.71. The number of esters is 1. The molecule has 0 unspecified atom stereocenters. The van der Waals surface area contributed by atoms with E-state index in [0.717, 1.165) is 27.8 Å². The van der Waals surface area contributed by atoms with E-state index in [-0.39, 0.29) is 23.8 Å². The average Bonchev–Trinajstić information content (AvgIpc) is 3.09. The molecule has 7 heteroatoms. The van der Waals surface area contributed by atoms with E-state index in [4.69, 9.17) is 4.74 Å². The highest BCUT2D eigenvalue weighted by Gasteiger charge is 2.37. The van der Waals surface area contributed by atoms with Crippen molar-refractivity contribution in [3.8, 4) is 11.3 Å². The molecule has 1 aromatic heterocycles. The molecule has 0 atom stereocenters. The average molecular weight is 635 g/mol. The van der Waals surface area contributed by atoms with Crippen molar-refractivity contribution in [2.24, 2.45) is 0 Å². The van der Waals surface area contributed by atoms with Gasteiger partial charge in [-0.05, 0) is 58.9 Å². The summed E-state index contributed by atoms with van der Waals surface area (Å²) in [5, 5.41) is 3.46. The zero-order valence-corrected chi connectivity index (χ0v) is 26.6. The highest BCUT2D eigenvalue weighted by Crippen LogP contribution is 2.40. The summed E-state index contributed by atoms with van der Waals surface area (Å²) in [6.07, 6.45) is 0.0913. The number of benzene rings is 4. The summed E-state index contributed by atoms with van der Waals surface area (Å²) in [7, 11) is 1.40. The van der Waals surface area contributed by atoms with Crippen LogP contribution in [0.3, 0.4) is 0 Å². The lowest BCUT2D eigenvalue weighted by atomic mass is 9.77. The molecule has 4 nitrogen and oxygen atoms in total. The van der Waals surface area contributed by atoms with E-state index in [9.17, 15) is 18.0 Å². The van der Waals surface area contributed by atoms with Gasteiger partial charge in [0.15, 0.2) is 0 Å². The van der Waals surface area contributed by atoms with Crippen molar-refractivity contribution in [2.45, 2.75) is 25.6 Å². The molecule has 5 rings (SSSR count). The summed E-state index contributed by atoms with van der Waals surface area (Å²) in [4.78, 5) is 15.9. The van der Waals surface area contributed by atoms with Crippen LogP contribution in [0.5, 0.6) is 0 Å². The number of methoxy groups -OCH3 is 1. The molecule has 5 aromatic rings. The maximum Gasteiger partial charge on any atom is 0.418 e.